The minimum absolute atomic E-state index is 0. The molecule has 1 atom stereocenters. The zero-order chi connectivity index (χ0) is 22.1. The third-order valence-corrected chi connectivity index (χ3v) is 6.35. The molecule has 5 rings (SSSR count). The van der Waals surface area contributed by atoms with Crippen LogP contribution in [0.15, 0.2) is 36.4 Å². The fraction of sp³-hybridized carbons (Fsp3) is 0.391. The quantitative estimate of drug-likeness (QED) is 0.521. The predicted molar refractivity (Wildman–Crippen MR) is 130 cm³/mol. The summed E-state index contributed by atoms with van der Waals surface area (Å²) in [5.41, 5.74) is 0.783. The number of amides is 1. The van der Waals surface area contributed by atoms with E-state index in [1.54, 1.807) is 4.90 Å². The number of hydrogen-bond donors (Lipinski definition) is 0. The van der Waals surface area contributed by atoms with E-state index in [0.29, 0.717) is 47.9 Å². The molecule has 1 aromatic heterocycles. The van der Waals surface area contributed by atoms with Gasteiger partial charge in [-0.1, -0.05) is 23.5 Å². The summed E-state index contributed by atoms with van der Waals surface area (Å²) in [5.74, 6) is 2.48. The lowest BCUT2D eigenvalue weighted by Gasteiger charge is -2.29. The van der Waals surface area contributed by atoms with E-state index in [0.717, 1.165) is 23.2 Å². The Balaban J connectivity index is 0.00000259. The minimum Gasteiger partial charge on any atom is -0.486 e. The number of rotatable bonds is 6. The number of nitrogens with zero attached hydrogens (tertiary/aromatic N) is 3. The topological polar surface area (TPSA) is 73.4 Å². The van der Waals surface area contributed by atoms with Crippen LogP contribution < -0.4 is 23.8 Å². The highest BCUT2D eigenvalue weighted by atomic mass is 35.5. The van der Waals surface area contributed by atoms with Crippen LogP contribution in [0.2, 0.25) is 0 Å². The number of ether oxygens (including phenoxy) is 4. The van der Waals surface area contributed by atoms with E-state index in [1.165, 1.54) is 11.3 Å². The Bertz CT molecular complexity index is 1100. The lowest BCUT2D eigenvalue weighted by Crippen LogP contribution is -2.47. The van der Waals surface area contributed by atoms with Crippen molar-refractivity contribution < 1.29 is 23.7 Å². The second kappa shape index (κ2) is 10.0. The second-order valence-corrected chi connectivity index (χ2v) is 8.98. The van der Waals surface area contributed by atoms with Gasteiger partial charge >= 0.3 is 0 Å². The van der Waals surface area contributed by atoms with Gasteiger partial charge in [0.2, 0.25) is 6.10 Å². The van der Waals surface area contributed by atoms with E-state index in [1.807, 2.05) is 50.5 Å². The van der Waals surface area contributed by atoms with Crippen molar-refractivity contribution in [2.45, 2.75) is 12.5 Å². The van der Waals surface area contributed by atoms with E-state index in [2.05, 4.69) is 4.90 Å². The molecule has 1 amide bonds. The van der Waals surface area contributed by atoms with Crippen LogP contribution in [0.5, 0.6) is 23.0 Å². The van der Waals surface area contributed by atoms with Crippen LogP contribution in [-0.2, 0) is 4.79 Å². The normalized spacial score (nSPS) is 16.4. The van der Waals surface area contributed by atoms with Gasteiger partial charge in [-0.15, -0.1) is 12.4 Å². The van der Waals surface area contributed by atoms with Gasteiger partial charge in [0.15, 0.2) is 28.1 Å². The molecule has 0 N–H and O–H groups in total. The van der Waals surface area contributed by atoms with Crippen LogP contribution in [0.1, 0.15) is 6.42 Å². The van der Waals surface area contributed by atoms with Gasteiger partial charge in [-0.2, -0.15) is 0 Å². The summed E-state index contributed by atoms with van der Waals surface area (Å²) in [4.78, 5) is 22.1. The molecule has 0 fully saturated rings. The van der Waals surface area contributed by atoms with Gasteiger partial charge in [-0.05, 0) is 39.2 Å². The molecule has 2 aliphatic heterocycles. The number of carbonyl (C=O) groups excluding carboxylic acids is 1. The first kappa shape index (κ1) is 23.4. The molecule has 3 aromatic rings. The first-order chi connectivity index (χ1) is 15.6. The van der Waals surface area contributed by atoms with Gasteiger partial charge in [-0.3, -0.25) is 9.69 Å². The van der Waals surface area contributed by atoms with Gasteiger partial charge < -0.3 is 23.8 Å². The molecule has 2 aromatic carbocycles. The highest BCUT2D eigenvalue weighted by Crippen LogP contribution is 2.39. The number of anilines is 1. The minimum atomic E-state index is -0.726. The third kappa shape index (κ3) is 4.95. The molecule has 8 nitrogen and oxygen atoms in total. The smallest absolute Gasteiger partial charge is 0.273 e. The van der Waals surface area contributed by atoms with Crippen LogP contribution in [0, 0.1) is 0 Å². The molecule has 2 aliphatic rings. The molecule has 0 aliphatic carbocycles. The summed E-state index contributed by atoms with van der Waals surface area (Å²) < 4.78 is 24.1. The molecule has 0 radical (unpaired) electrons. The van der Waals surface area contributed by atoms with Gasteiger partial charge in [0.05, 0.1) is 10.2 Å². The number of aromatic nitrogens is 1. The van der Waals surface area contributed by atoms with Crippen LogP contribution in [0.4, 0.5) is 5.13 Å². The van der Waals surface area contributed by atoms with Crippen molar-refractivity contribution in [3.8, 4) is 23.0 Å². The maximum Gasteiger partial charge on any atom is 0.273 e. The summed E-state index contributed by atoms with van der Waals surface area (Å²) in [6.07, 6.45) is 0.0813. The van der Waals surface area contributed by atoms with Gasteiger partial charge in [0, 0.05) is 18.7 Å². The number of para-hydroxylation sites is 2. The first-order valence-electron chi connectivity index (χ1n) is 10.6. The van der Waals surface area contributed by atoms with Crippen LogP contribution >= 0.6 is 23.7 Å². The Labute approximate surface area is 202 Å². The van der Waals surface area contributed by atoms with Crippen molar-refractivity contribution in [1.82, 2.24) is 9.88 Å². The lowest BCUT2D eigenvalue weighted by molar-refractivity contribution is -0.127. The first-order valence-corrected chi connectivity index (χ1v) is 11.4. The van der Waals surface area contributed by atoms with Crippen molar-refractivity contribution in [3.63, 3.8) is 0 Å². The zero-order valence-electron chi connectivity index (χ0n) is 18.5. The molecule has 3 heterocycles. The fourth-order valence-electron chi connectivity index (χ4n) is 3.73. The van der Waals surface area contributed by atoms with Crippen molar-refractivity contribution in [3.05, 3.63) is 36.4 Å². The largest absolute Gasteiger partial charge is 0.486 e. The maximum absolute atomic E-state index is 13.5. The van der Waals surface area contributed by atoms with Gasteiger partial charge in [-0.25, -0.2) is 4.98 Å². The third-order valence-electron chi connectivity index (χ3n) is 5.31. The van der Waals surface area contributed by atoms with E-state index in [4.69, 9.17) is 23.9 Å². The van der Waals surface area contributed by atoms with Crippen LogP contribution in [-0.4, -0.2) is 68.9 Å². The molecular formula is C23H26ClN3O5S. The molecule has 33 heavy (non-hydrogen) atoms. The Kier molecular flexibility index (Phi) is 7.11. The summed E-state index contributed by atoms with van der Waals surface area (Å²) in [7, 11) is 4.03. The summed E-state index contributed by atoms with van der Waals surface area (Å²) >= 11 is 1.46. The van der Waals surface area contributed by atoms with Crippen molar-refractivity contribution in [1.29, 1.82) is 0 Å². The van der Waals surface area contributed by atoms with Crippen molar-refractivity contribution in [2.24, 2.45) is 0 Å². The fourth-order valence-corrected chi connectivity index (χ4v) is 4.74. The molecule has 0 saturated heterocycles. The number of carbonyl (C=O) groups is 1. The standard InChI is InChI=1S/C23H25N3O5S.ClH/c1-25(2)8-5-9-26(22(27)20-14-30-16-6-3-4-7-17(16)31-20)23-24-15-12-18-19(13-21(15)32-23)29-11-10-28-18;/h3-4,6-7,12-13,20H,5,8-11,14H2,1-2H3;1H. The number of halogens is 1. The SMILES string of the molecule is CN(C)CCCN(C(=O)C1COc2ccccc2O1)c1nc2cc3c(cc2s1)OCCO3.Cl. The van der Waals surface area contributed by atoms with E-state index >= 15 is 0 Å². The molecule has 0 saturated carbocycles. The monoisotopic (exact) mass is 491 g/mol. The number of benzene rings is 2. The Morgan fingerprint density at radius 2 is 1.76 bits per heavy atom. The second-order valence-electron chi connectivity index (χ2n) is 7.97. The molecule has 1 unspecified atom stereocenters. The van der Waals surface area contributed by atoms with Gasteiger partial charge in [0.25, 0.3) is 5.91 Å². The van der Waals surface area contributed by atoms with E-state index in [-0.39, 0.29) is 24.9 Å². The zero-order valence-corrected chi connectivity index (χ0v) is 20.1. The molecule has 10 heteroatoms. The number of hydrogen-bond acceptors (Lipinski definition) is 8. The highest BCUT2D eigenvalue weighted by molar-refractivity contribution is 7.22. The Morgan fingerprint density at radius 1 is 1.03 bits per heavy atom. The Morgan fingerprint density at radius 3 is 2.52 bits per heavy atom. The molecule has 176 valence electrons. The Hall–Kier alpha value is -2.75. The average Bonchev–Trinajstić information content (AvgIpc) is 3.21. The van der Waals surface area contributed by atoms with Gasteiger partial charge in [0.1, 0.15) is 19.8 Å². The number of fused-ring (bicyclic) bond motifs is 3. The molecule has 0 bridgehead atoms. The van der Waals surface area contributed by atoms with E-state index in [9.17, 15) is 4.79 Å². The summed E-state index contributed by atoms with van der Waals surface area (Å²) in [6, 6.07) is 11.2. The highest BCUT2D eigenvalue weighted by Gasteiger charge is 2.33. The van der Waals surface area contributed by atoms with Crippen molar-refractivity contribution in [2.75, 3.05) is 51.9 Å². The van der Waals surface area contributed by atoms with Crippen LogP contribution in [0.3, 0.4) is 0 Å². The van der Waals surface area contributed by atoms with Crippen LogP contribution in [0.25, 0.3) is 10.2 Å². The molecule has 0 spiro atoms. The summed E-state index contributed by atoms with van der Waals surface area (Å²) in [6.45, 7) is 2.60. The average molecular weight is 492 g/mol. The maximum atomic E-state index is 13.5. The lowest BCUT2D eigenvalue weighted by atomic mass is 10.2. The summed E-state index contributed by atoms with van der Waals surface area (Å²) in [5, 5.41) is 0.633. The molecular weight excluding hydrogens is 466 g/mol. The predicted octanol–water partition coefficient (Wildman–Crippen LogP) is 3.61. The number of thiazole rings is 1. The van der Waals surface area contributed by atoms with E-state index < -0.39 is 6.10 Å². The van der Waals surface area contributed by atoms with Crippen molar-refractivity contribution >= 4 is 45.0 Å².